The predicted octanol–water partition coefficient (Wildman–Crippen LogP) is 3.71. The van der Waals surface area contributed by atoms with Crippen LogP contribution in [0.3, 0.4) is 0 Å². The maximum absolute atomic E-state index is 4.11. The van der Waals surface area contributed by atoms with Gasteiger partial charge in [-0.05, 0) is 37.2 Å². The van der Waals surface area contributed by atoms with Crippen LogP contribution in [0.1, 0.15) is 40.0 Å². The summed E-state index contributed by atoms with van der Waals surface area (Å²) in [6.07, 6.45) is 7.49. The summed E-state index contributed by atoms with van der Waals surface area (Å²) in [6.45, 7) is 14.3. The Morgan fingerprint density at radius 3 is 2.72 bits per heavy atom. The lowest BCUT2D eigenvalue weighted by Crippen LogP contribution is -2.30. The summed E-state index contributed by atoms with van der Waals surface area (Å²) in [6, 6.07) is 0.570. The van der Waals surface area contributed by atoms with E-state index >= 15 is 0 Å². The molecule has 1 saturated carbocycles. The van der Waals surface area contributed by atoms with Crippen LogP contribution in [0.2, 0.25) is 0 Å². The molecule has 100 valence electrons. The molecule has 1 fully saturated rings. The van der Waals surface area contributed by atoms with Gasteiger partial charge in [-0.25, -0.2) is 0 Å². The molecule has 0 radical (unpaired) electrons. The molecule has 2 N–H and O–H groups in total. The Kier molecular flexibility index (Phi) is 5.80. The van der Waals surface area contributed by atoms with Gasteiger partial charge >= 0.3 is 0 Å². The molecule has 1 rings (SSSR count). The molecule has 0 saturated heterocycles. The van der Waals surface area contributed by atoms with Crippen LogP contribution in [-0.4, -0.2) is 6.04 Å². The highest BCUT2D eigenvalue weighted by atomic mass is 14.9. The summed E-state index contributed by atoms with van der Waals surface area (Å²) in [5.41, 5.74) is 4.80. The smallest absolute Gasteiger partial charge is 0.0431 e. The molecule has 0 bridgehead atoms. The second kappa shape index (κ2) is 7.13. The first kappa shape index (κ1) is 14.7. The molecule has 0 amide bonds. The monoisotopic (exact) mass is 246 g/mol. The van der Waals surface area contributed by atoms with Crippen molar-refractivity contribution in [3.05, 3.63) is 42.6 Å². The van der Waals surface area contributed by atoms with Crippen LogP contribution < -0.4 is 10.6 Å². The van der Waals surface area contributed by atoms with Crippen LogP contribution in [0.25, 0.3) is 0 Å². The Morgan fingerprint density at radius 1 is 1.44 bits per heavy atom. The maximum atomic E-state index is 4.11. The van der Waals surface area contributed by atoms with Crippen molar-refractivity contribution in [1.82, 2.24) is 10.6 Å². The van der Waals surface area contributed by atoms with Crippen molar-refractivity contribution in [3.63, 3.8) is 0 Å². The third-order valence-electron chi connectivity index (χ3n) is 3.88. The largest absolute Gasteiger partial charge is 0.382 e. The number of rotatable bonds is 6. The third-order valence-corrected chi connectivity index (χ3v) is 3.88. The molecular formula is C16H26N2. The zero-order valence-corrected chi connectivity index (χ0v) is 11.9. The van der Waals surface area contributed by atoms with Gasteiger partial charge in [0.1, 0.15) is 0 Å². The standard InChI is InChI=1S/C16H26N2/c1-6-8-17-11-13(4)14(5)18-16-10-15(7-2)9-12(16)3/h8,11-12,15-18H,1,5,7,9-10H2,2-4H3/b13-11-. The quantitative estimate of drug-likeness (QED) is 0.551. The molecule has 0 aliphatic heterocycles. The van der Waals surface area contributed by atoms with Gasteiger partial charge in [0.25, 0.3) is 0 Å². The maximum Gasteiger partial charge on any atom is 0.0431 e. The molecule has 1 aliphatic carbocycles. The minimum absolute atomic E-state index is 0.570. The first-order chi connectivity index (χ1) is 8.58. The van der Waals surface area contributed by atoms with E-state index in [0.717, 1.165) is 23.1 Å². The van der Waals surface area contributed by atoms with Gasteiger partial charge in [0.15, 0.2) is 0 Å². The molecule has 1 aliphatic rings. The number of hydrogen-bond acceptors (Lipinski definition) is 2. The van der Waals surface area contributed by atoms with Gasteiger partial charge in [-0.1, -0.05) is 33.4 Å². The van der Waals surface area contributed by atoms with E-state index < -0.39 is 0 Å². The Bertz CT molecular complexity index is 361. The van der Waals surface area contributed by atoms with Gasteiger partial charge in [0.2, 0.25) is 0 Å². The minimum Gasteiger partial charge on any atom is -0.382 e. The SMILES string of the molecule is C=C=CN/C=C(/C)C(=C)NC1CC(CC)CC1C. The highest BCUT2D eigenvalue weighted by molar-refractivity contribution is 5.25. The molecule has 0 heterocycles. The third kappa shape index (κ3) is 4.12. The lowest BCUT2D eigenvalue weighted by molar-refractivity contribution is 0.464. The zero-order valence-electron chi connectivity index (χ0n) is 11.9. The van der Waals surface area contributed by atoms with E-state index in [9.17, 15) is 0 Å². The number of nitrogens with one attached hydrogen (secondary N) is 2. The summed E-state index contributed by atoms with van der Waals surface area (Å²) in [7, 11) is 0. The van der Waals surface area contributed by atoms with E-state index in [2.05, 4.69) is 50.3 Å². The van der Waals surface area contributed by atoms with Gasteiger partial charge < -0.3 is 10.6 Å². The fraction of sp³-hybridized carbons (Fsp3) is 0.562. The van der Waals surface area contributed by atoms with E-state index in [-0.39, 0.29) is 0 Å². The molecule has 2 heteroatoms. The Hall–Kier alpha value is -1.40. The van der Waals surface area contributed by atoms with Crippen LogP contribution in [0.15, 0.2) is 42.6 Å². The van der Waals surface area contributed by atoms with Crippen molar-refractivity contribution in [2.75, 3.05) is 0 Å². The van der Waals surface area contributed by atoms with Gasteiger partial charge in [0, 0.05) is 24.1 Å². The van der Waals surface area contributed by atoms with Crippen LogP contribution in [0.4, 0.5) is 0 Å². The van der Waals surface area contributed by atoms with Gasteiger partial charge in [-0.2, -0.15) is 0 Å². The second-order valence-electron chi connectivity index (χ2n) is 5.29. The van der Waals surface area contributed by atoms with Crippen molar-refractivity contribution >= 4 is 0 Å². The topological polar surface area (TPSA) is 24.1 Å². The lowest BCUT2D eigenvalue weighted by atomic mass is 10.0. The minimum atomic E-state index is 0.570. The molecule has 3 unspecified atom stereocenters. The predicted molar refractivity (Wildman–Crippen MR) is 78.8 cm³/mol. The summed E-state index contributed by atoms with van der Waals surface area (Å²) in [4.78, 5) is 0. The van der Waals surface area contributed by atoms with Gasteiger partial charge in [0.05, 0.1) is 0 Å². The fourth-order valence-corrected chi connectivity index (χ4v) is 2.56. The van der Waals surface area contributed by atoms with Crippen molar-refractivity contribution in [1.29, 1.82) is 0 Å². The van der Waals surface area contributed by atoms with E-state index in [1.54, 1.807) is 6.20 Å². The molecule has 2 nitrogen and oxygen atoms in total. The first-order valence-electron chi connectivity index (χ1n) is 6.81. The molecule has 0 aromatic carbocycles. The van der Waals surface area contributed by atoms with Crippen molar-refractivity contribution in [3.8, 4) is 0 Å². The molecule has 0 aromatic heterocycles. The van der Waals surface area contributed by atoms with Crippen LogP contribution in [0.5, 0.6) is 0 Å². The first-order valence-corrected chi connectivity index (χ1v) is 6.81. The summed E-state index contributed by atoms with van der Waals surface area (Å²) in [5, 5.41) is 6.58. The highest BCUT2D eigenvalue weighted by Gasteiger charge is 2.30. The molecular weight excluding hydrogens is 220 g/mol. The van der Waals surface area contributed by atoms with E-state index in [0.29, 0.717) is 6.04 Å². The molecule has 18 heavy (non-hydrogen) atoms. The fourth-order valence-electron chi connectivity index (χ4n) is 2.56. The normalized spacial score (nSPS) is 27.5. The van der Waals surface area contributed by atoms with E-state index in [4.69, 9.17) is 0 Å². The average Bonchev–Trinajstić information content (AvgIpc) is 2.70. The summed E-state index contributed by atoms with van der Waals surface area (Å²) >= 11 is 0. The molecule has 3 atom stereocenters. The lowest BCUT2D eigenvalue weighted by Gasteiger charge is -2.20. The highest BCUT2D eigenvalue weighted by Crippen LogP contribution is 2.33. The van der Waals surface area contributed by atoms with Crippen molar-refractivity contribution in [2.24, 2.45) is 11.8 Å². The van der Waals surface area contributed by atoms with Crippen LogP contribution in [-0.2, 0) is 0 Å². The second-order valence-corrected chi connectivity index (χ2v) is 5.29. The average molecular weight is 246 g/mol. The molecule has 0 aromatic rings. The Labute approximate surface area is 112 Å². The Balaban J connectivity index is 2.49. The van der Waals surface area contributed by atoms with Gasteiger partial charge in [-0.3, -0.25) is 0 Å². The number of allylic oxidation sites excluding steroid dienone is 1. The van der Waals surface area contributed by atoms with Crippen molar-refractivity contribution in [2.45, 2.75) is 46.1 Å². The van der Waals surface area contributed by atoms with Gasteiger partial charge in [-0.15, -0.1) is 5.73 Å². The zero-order chi connectivity index (χ0) is 13.5. The van der Waals surface area contributed by atoms with Crippen molar-refractivity contribution < 1.29 is 0 Å². The summed E-state index contributed by atoms with van der Waals surface area (Å²) in [5.74, 6) is 1.61. The number of hydrogen-bond donors (Lipinski definition) is 2. The van der Waals surface area contributed by atoms with E-state index in [1.807, 2.05) is 6.20 Å². The molecule has 0 spiro atoms. The van der Waals surface area contributed by atoms with Crippen LogP contribution in [0, 0.1) is 11.8 Å². The van der Waals surface area contributed by atoms with Crippen LogP contribution >= 0.6 is 0 Å². The Morgan fingerprint density at radius 2 is 2.17 bits per heavy atom. The summed E-state index contributed by atoms with van der Waals surface area (Å²) < 4.78 is 0. The van der Waals surface area contributed by atoms with E-state index in [1.165, 1.54) is 19.3 Å².